The highest BCUT2D eigenvalue weighted by molar-refractivity contribution is 9.10. The molecule has 0 spiro atoms. The fraction of sp³-hybridized carbons (Fsp3) is 0.296. The quantitative estimate of drug-likeness (QED) is 0.360. The van der Waals surface area contributed by atoms with Crippen molar-refractivity contribution in [2.45, 2.75) is 46.0 Å². The molecule has 0 fully saturated rings. The molecule has 0 radical (unpaired) electrons. The second-order valence-electron chi connectivity index (χ2n) is 9.85. The van der Waals surface area contributed by atoms with Crippen molar-refractivity contribution >= 4 is 27.7 Å². The molecule has 218 valence electrons. The topological polar surface area (TPSA) is 128 Å². The van der Waals surface area contributed by atoms with Crippen molar-refractivity contribution in [1.29, 1.82) is 0 Å². The van der Waals surface area contributed by atoms with E-state index in [1.807, 2.05) is 0 Å². The highest BCUT2D eigenvalue weighted by Gasteiger charge is 2.36. The molecule has 0 bridgehead atoms. The van der Waals surface area contributed by atoms with Gasteiger partial charge in [0, 0.05) is 34.4 Å². The number of nitrogens with zero attached hydrogens (tertiary/aromatic N) is 7. The van der Waals surface area contributed by atoms with Crippen LogP contribution in [-0.4, -0.2) is 59.3 Å². The maximum absolute atomic E-state index is 14.0. The lowest BCUT2D eigenvalue weighted by atomic mass is 9.98. The first kappa shape index (κ1) is 29.1. The van der Waals surface area contributed by atoms with Crippen LogP contribution in [0.3, 0.4) is 0 Å². The number of aromatic nitrogens is 6. The lowest BCUT2D eigenvalue weighted by molar-refractivity contribution is -0.138. The average molecular weight is 645 g/mol. The number of fused-ring (bicyclic) bond motifs is 1. The summed E-state index contributed by atoms with van der Waals surface area (Å²) >= 11 is 2.90. The maximum Gasteiger partial charge on any atom is 0.417 e. The van der Waals surface area contributed by atoms with Crippen LogP contribution in [-0.2, 0) is 19.1 Å². The minimum atomic E-state index is -4.65. The summed E-state index contributed by atoms with van der Waals surface area (Å²) in [6, 6.07) is 7.46. The van der Waals surface area contributed by atoms with Crippen LogP contribution in [0.2, 0.25) is 0 Å². The van der Waals surface area contributed by atoms with Crippen molar-refractivity contribution in [2.75, 3.05) is 7.05 Å². The van der Waals surface area contributed by atoms with Crippen molar-refractivity contribution in [2.24, 2.45) is 0 Å². The zero-order chi connectivity index (χ0) is 30.5. The molecule has 4 heterocycles. The number of carbonyl (C=O) groups excluding carboxylic acids is 2. The molecule has 15 heteroatoms. The van der Waals surface area contributed by atoms with Crippen molar-refractivity contribution < 1.29 is 22.8 Å². The monoisotopic (exact) mass is 644 g/mol. The SMILES string of the molecule is CNC(=O)c1ccc(-n2c(-n3nc(C)cc3C)nc3c(c2=O)CC(C)N(C(=O)c2ccc(Br)c(C(F)(F)F)c2)C3)nn1. The predicted octanol–water partition coefficient (Wildman–Crippen LogP) is 3.55. The van der Waals surface area contributed by atoms with Gasteiger partial charge in [-0.1, -0.05) is 15.9 Å². The Morgan fingerprint density at radius 2 is 1.83 bits per heavy atom. The molecular weight excluding hydrogens is 621 g/mol. The number of benzene rings is 1. The Labute approximate surface area is 245 Å². The molecule has 1 atom stereocenters. The van der Waals surface area contributed by atoms with Gasteiger partial charge in [0.25, 0.3) is 17.4 Å². The highest BCUT2D eigenvalue weighted by Crippen LogP contribution is 2.36. The molecule has 1 aromatic carbocycles. The van der Waals surface area contributed by atoms with Crippen LogP contribution < -0.4 is 10.9 Å². The highest BCUT2D eigenvalue weighted by atomic mass is 79.9. The average Bonchev–Trinajstić information content (AvgIpc) is 3.29. The fourth-order valence-corrected chi connectivity index (χ4v) is 5.30. The van der Waals surface area contributed by atoms with Crippen LogP contribution in [0.25, 0.3) is 11.8 Å². The number of hydrogen-bond donors (Lipinski definition) is 1. The molecule has 3 aromatic heterocycles. The molecule has 5 rings (SSSR count). The van der Waals surface area contributed by atoms with Gasteiger partial charge >= 0.3 is 6.18 Å². The molecule has 1 N–H and O–H groups in total. The number of carbonyl (C=O) groups is 2. The van der Waals surface area contributed by atoms with E-state index >= 15 is 0 Å². The molecule has 2 amide bonds. The normalized spacial score (nSPS) is 15.0. The van der Waals surface area contributed by atoms with E-state index < -0.39 is 35.2 Å². The molecule has 1 aliphatic rings. The van der Waals surface area contributed by atoms with E-state index in [0.717, 1.165) is 6.07 Å². The molecule has 0 aliphatic carbocycles. The van der Waals surface area contributed by atoms with Crippen molar-refractivity contribution in [3.05, 3.63) is 90.7 Å². The van der Waals surface area contributed by atoms with Crippen LogP contribution >= 0.6 is 15.9 Å². The molecule has 4 aromatic rings. The minimum Gasteiger partial charge on any atom is -0.354 e. The Morgan fingerprint density at radius 3 is 2.43 bits per heavy atom. The summed E-state index contributed by atoms with van der Waals surface area (Å²) in [5, 5.41) is 15.0. The van der Waals surface area contributed by atoms with Crippen LogP contribution in [0.1, 0.15) is 56.0 Å². The molecular formula is C27H24BrF3N8O3. The van der Waals surface area contributed by atoms with Gasteiger partial charge in [-0.15, -0.1) is 10.2 Å². The summed E-state index contributed by atoms with van der Waals surface area (Å²) in [6.07, 6.45) is -4.56. The number of alkyl halides is 3. The Bertz CT molecular complexity index is 1780. The number of amides is 2. The zero-order valence-electron chi connectivity index (χ0n) is 22.8. The van der Waals surface area contributed by atoms with Crippen molar-refractivity contribution in [3.8, 4) is 11.8 Å². The predicted molar refractivity (Wildman–Crippen MR) is 148 cm³/mol. The third kappa shape index (κ3) is 5.19. The summed E-state index contributed by atoms with van der Waals surface area (Å²) in [5.74, 6) is -0.890. The first-order valence-corrected chi connectivity index (χ1v) is 13.5. The van der Waals surface area contributed by atoms with Crippen molar-refractivity contribution in [1.82, 2.24) is 39.7 Å². The number of hydrogen-bond acceptors (Lipinski definition) is 7. The third-order valence-corrected chi connectivity index (χ3v) is 7.61. The van der Waals surface area contributed by atoms with E-state index in [0.29, 0.717) is 17.0 Å². The number of rotatable bonds is 4. The van der Waals surface area contributed by atoms with Gasteiger partial charge in [0.1, 0.15) is 0 Å². The van der Waals surface area contributed by atoms with E-state index in [1.165, 1.54) is 45.5 Å². The van der Waals surface area contributed by atoms with Crippen LogP contribution in [0, 0.1) is 13.8 Å². The Kier molecular flexibility index (Phi) is 7.47. The lowest BCUT2D eigenvalue weighted by Gasteiger charge is -2.34. The van der Waals surface area contributed by atoms with E-state index in [2.05, 4.69) is 36.5 Å². The molecule has 1 aliphatic heterocycles. The summed E-state index contributed by atoms with van der Waals surface area (Å²) in [4.78, 5) is 45.6. The summed E-state index contributed by atoms with van der Waals surface area (Å²) < 4.78 is 43.1. The van der Waals surface area contributed by atoms with Gasteiger partial charge in [-0.05, 0) is 63.6 Å². The number of halogens is 4. The van der Waals surface area contributed by atoms with E-state index in [-0.39, 0.29) is 46.2 Å². The van der Waals surface area contributed by atoms with Crippen LogP contribution in [0.4, 0.5) is 13.2 Å². The van der Waals surface area contributed by atoms with Gasteiger partial charge in [0.2, 0.25) is 5.95 Å². The minimum absolute atomic E-state index is 0.0530. The summed E-state index contributed by atoms with van der Waals surface area (Å²) in [7, 11) is 1.46. The van der Waals surface area contributed by atoms with Gasteiger partial charge in [-0.25, -0.2) is 14.2 Å². The molecule has 11 nitrogen and oxygen atoms in total. The second kappa shape index (κ2) is 10.8. The second-order valence-corrected chi connectivity index (χ2v) is 10.7. The van der Waals surface area contributed by atoms with Gasteiger partial charge in [-0.3, -0.25) is 14.4 Å². The Balaban J connectivity index is 1.62. The number of nitrogens with one attached hydrogen (secondary N) is 1. The van der Waals surface area contributed by atoms with E-state index in [1.54, 1.807) is 26.8 Å². The Hall–Kier alpha value is -4.40. The fourth-order valence-electron chi connectivity index (χ4n) is 4.83. The summed E-state index contributed by atoms with van der Waals surface area (Å²) in [5.41, 5.74) is 0.412. The van der Waals surface area contributed by atoms with Gasteiger partial charge < -0.3 is 10.2 Å². The van der Waals surface area contributed by atoms with Gasteiger partial charge in [0.05, 0.1) is 23.5 Å². The Morgan fingerprint density at radius 1 is 1.10 bits per heavy atom. The largest absolute Gasteiger partial charge is 0.417 e. The smallest absolute Gasteiger partial charge is 0.354 e. The molecule has 1 unspecified atom stereocenters. The summed E-state index contributed by atoms with van der Waals surface area (Å²) in [6.45, 7) is 5.15. The third-order valence-electron chi connectivity index (χ3n) is 6.91. The van der Waals surface area contributed by atoms with Crippen LogP contribution in [0.5, 0.6) is 0 Å². The lowest BCUT2D eigenvalue weighted by Crippen LogP contribution is -2.46. The van der Waals surface area contributed by atoms with E-state index in [4.69, 9.17) is 4.98 Å². The van der Waals surface area contributed by atoms with Crippen LogP contribution in [0.15, 0.2) is 45.7 Å². The van der Waals surface area contributed by atoms with Crippen molar-refractivity contribution in [3.63, 3.8) is 0 Å². The maximum atomic E-state index is 14.0. The molecule has 42 heavy (non-hydrogen) atoms. The zero-order valence-corrected chi connectivity index (χ0v) is 24.4. The van der Waals surface area contributed by atoms with Gasteiger partial charge in [0.15, 0.2) is 11.5 Å². The first-order valence-electron chi connectivity index (χ1n) is 12.7. The standard InChI is InChI=1S/C27H24BrF3N8O3/c1-13-9-15(3)39(36-13)26-33-21-12-37(24(41)16-5-6-19(28)18(11-16)27(29,30)31)14(2)10-17(21)25(42)38(26)22-8-7-20(34-35-22)23(40)32-4/h5-9,11,14H,10,12H2,1-4H3,(H,32,40). The van der Waals surface area contributed by atoms with Gasteiger partial charge in [-0.2, -0.15) is 18.3 Å². The molecule has 0 saturated heterocycles. The molecule has 0 saturated carbocycles. The van der Waals surface area contributed by atoms with E-state index in [9.17, 15) is 27.6 Å². The first-order chi connectivity index (χ1) is 19.8. The number of aryl methyl sites for hydroxylation is 2.